The molecule has 0 saturated carbocycles. The summed E-state index contributed by atoms with van der Waals surface area (Å²) in [6, 6.07) is 10.5. The zero-order valence-electron chi connectivity index (χ0n) is 10.2. The van der Waals surface area contributed by atoms with Crippen molar-refractivity contribution in [2.75, 3.05) is 0 Å². The molecule has 0 bridgehead atoms. The van der Waals surface area contributed by atoms with Crippen LogP contribution in [0.4, 0.5) is 0 Å². The van der Waals surface area contributed by atoms with Crippen LogP contribution in [0.1, 0.15) is 17.4 Å². The van der Waals surface area contributed by atoms with E-state index >= 15 is 0 Å². The monoisotopic (exact) mass is 352 g/mol. The molecule has 3 N–H and O–H groups in total. The summed E-state index contributed by atoms with van der Waals surface area (Å²) in [5, 5.41) is 7.61. The molecule has 102 valence electrons. The van der Waals surface area contributed by atoms with Gasteiger partial charge in [-0.25, -0.2) is 4.98 Å². The van der Waals surface area contributed by atoms with Crippen LogP contribution in [0, 0.1) is 0 Å². The van der Waals surface area contributed by atoms with Gasteiger partial charge >= 0.3 is 0 Å². The van der Waals surface area contributed by atoms with Gasteiger partial charge in [0, 0.05) is 5.02 Å². The van der Waals surface area contributed by atoms with Gasteiger partial charge in [-0.3, -0.25) is 5.10 Å². The van der Waals surface area contributed by atoms with Gasteiger partial charge in [0.2, 0.25) is 5.82 Å². The van der Waals surface area contributed by atoms with E-state index < -0.39 is 6.04 Å². The summed E-state index contributed by atoms with van der Waals surface area (Å²) in [6.45, 7) is 0. The predicted octanol–water partition coefficient (Wildman–Crippen LogP) is 3.53. The minimum Gasteiger partial charge on any atom is -0.446 e. The van der Waals surface area contributed by atoms with Crippen molar-refractivity contribution in [3.8, 4) is 11.6 Å². The third-order valence-corrected chi connectivity index (χ3v) is 3.50. The summed E-state index contributed by atoms with van der Waals surface area (Å²) < 4.78 is 6.02. The average Bonchev–Trinajstić information content (AvgIpc) is 3.07. The predicted molar refractivity (Wildman–Crippen MR) is 79.3 cm³/mol. The average molecular weight is 354 g/mol. The van der Waals surface area contributed by atoms with Crippen LogP contribution in [0.2, 0.25) is 5.02 Å². The molecule has 20 heavy (non-hydrogen) atoms. The van der Waals surface area contributed by atoms with E-state index in [4.69, 9.17) is 21.8 Å². The fourth-order valence-electron chi connectivity index (χ4n) is 1.79. The number of aromatic nitrogens is 3. The SMILES string of the molecule is NC(c1ccc(Cl)cc1)c1nc(-c2ccc(Br)o2)n[nH]1. The molecule has 3 aromatic rings. The van der Waals surface area contributed by atoms with E-state index in [1.165, 1.54) is 0 Å². The third-order valence-electron chi connectivity index (χ3n) is 2.82. The summed E-state index contributed by atoms with van der Waals surface area (Å²) in [7, 11) is 0. The molecule has 0 amide bonds. The number of furan rings is 1. The molecule has 0 aliphatic carbocycles. The Morgan fingerprint density at radius 2 is 1.95 bits per heavy atom. The zero-order chi connectivity index (χ0) is 14.1. The second-order valence-electron chi connectivity index (χ2n) is 4.18. The smallest absolute Gasteiger partial charge is 0.217 e. The van der Waals surface area contributed by atoms with Gasteiger partial charge in [-0.05, 0) is 45.8 Å². The molecule has 3 rings (SSSR count). The van der Waals surface area contributed by atoms with E-state index in [9.17, 15) is 0 Å². The van der Waals surface area contributed by atoms with Crippen LogP contribution >= 0.6 is 27.5 Å². The maximum absolute atomic E-state index is 6.15. The summed E-state index contributed by atoms with van der Waals surface area (Å²) in [6.07, 6.45) is 0. The van der Waals surface area contributed by atoms with Crippen LogP contribution in [-0.2, 0) is 0 Å². The van der Waals surface area contributed by atoms with Crippen molar-refractivity contribution >= 4 is 27.5 Å². The number of hydrogen-bond donors (Lipinski definition) is 2. The van der Waals surface area contributed by atoms with Crippen molar-refractivity contribution in [3.63, 3.8) is 0 Å². The van der Waals surface area contributed by atoms with Gasteiger partial charge in [0.05, 0.1) is 6.04 Å². The van der Waals surface area contributed by atoms with Crippen LogP contribution in [0.25, 0.3) is 11.6 Å². The Morgan fingerprint density at radius 1 is 1.20 bits per heavy atom. The fraction of sp³-hybridized carbons (Fsp3) is 0.0769. The highest BCUT2D eigenvalue weighted by atomic mass is 79.9. The number of hydrogen-bond acceptors (Lipinski definition) is 4. The first kappa shape index (κ1) is 13.4. The summed E-state index contributed by atoms with van der Waals surface area (Å²) in [4.78, 5) is 4.35. The molecule has 0 radical (unpaired) electrons. The van der Waals surface area contributed by atoms with E-state index in [1.54, 1.807) is 24.3 Å². The van der Waals surface area contributed by atoms with Crippen molar-refractivity contribution < 1.29 is 4.42 Å². The molecule has 2 heterocycles. The van der Waals surface area contributed by atoms with E-state index in [-0.39, 0.29) is 0 Å². The van der Waals surface area contributed by atoms with Gasteiger partial charge < -0.3 is 10.2 Å². The molecule has 0 spiro atoms. The first-order valence-electron chi connectivity index (χ1n) is 5.82. The van der Waals surface area contributed by atoms with E-state index in [2.05, 4.69) is 31.1 Å². The van der Waals surface area contributed by atoms with E-state index in [1.807, 2.05) is 12.1 Å². The molecule has 1 unspecified atom stereocenters. The molecule has 0 aliphatic rings. The lowest BCUT2D eigenvalue weighted by Gasteiger charge is -2.08. The molecular weight excluding hydrogens is 344 g/mol. The Morgan fingerprint density at radius 3 is 2.60 bits per heavy atom. The summed E-state index contributed by atoms with van der Waals surface area (Å²) >= 11 is 9.09. The Kier molecular flexibility index (Phi) is 3.60. The summed E-state index contributed by atoms with van der Waals surface area (Å²) in [5.74, 6) is 1.60. The van der Waals surface area contributed by atoms with Gasteiger partial charge in [-0.15, -0.1) is 5.10 Å². The number of H-pyrrole nitrogens is 1. The molecule has 2 aromatic heterocycles. The van der Waals surface area contributed by atoms with Gasteiger partial charge in [-0.1, -0.05) is 23.7 Å². The highest BCUT2D eigenvalue weighted by Crippen LogP contribution is 2.24. The Balaban J connectivity index is 1.88. The first-order chi connectivity index (χ1) is 9.63. The van der Waals surface area contributed by atoms with E-state index in [0.29, 0.717) is 27.1 Å². The topological polar surface area (TPSA) is 80.7 Å². The number of nitrogens with two attached hydrogens (primary N) is 1. The molecule has 1 aromatic carbocycles. The number of aromatic amines is 1. The lowest BCUT2D eigenvalue weighted by atomic mass is 10.1. The van der Waals surface area contributed by atoms with Crippen molar-refractivity contribution in [3.05, 3.63) is 57.5 Å². The Hall–Kier alpha value is -1.63. The van der Waals surface area contributed by atoms with Crippen LogP contribution in [0.15, 0.2) is 45.5 Å². The molecule has 5 nitrogen and oxygen atoms in total. The van der Waals surface area contributed by atoms with Crippen LogP contribution in [0.3, 0.4) is 0 Å². The number of nitrogens with one attached hydrogen (secondary N) is 1. The minimum absolute atomic E-state index is 0.396. The van der Waals surface area contributed by atoms with Crippen molar-refractivity contribution in [1.29, 1.82) is 0 Å². The normalized spacial score (nSPS) is 12.6. The lowest BCUT2D eigenvalue weighted by molar-refractivity contribution is 0.551. The maximum atomic E-state index is 6.15. The molecular formula is C13H10BrClN4O. The van der Waals surface area contributed by atoms with Gasteiger partial charge in [-0.2, -0.15) is 0 Å². The molecule has 0 aliphatic heterocycles. The molecule has 1 atom stereocenters. The van der Waals surface area contributed by atoms with Crippen LogP contribution < -0.4 is 5.73 Å². The Bertz CT molecular complexity index is 722. The van der Waals surface area contributed by atoms with Crippen molar-refractivity contribution in [1.82, 2.24) is 15.2 Å². The molecule has 7 heteroatoms. The Labute approximate surface area is 128 Å². The number of nitrogens with zero attached hydrogens (tertiary/aromatic N) is 2. The number of benzene rings is 1. The maximum Gasteiger partial charge on any atom is 0.217 e. The minimum atomic E-state index is -0.396. The molecule has 0 saturated heterocycles. The largest absolute Gasteiger partial charge is 0.446 e. The van der Waals surface area contributed by atoms with Crippen molar-refractivity contribution in [2.45, 2.75) is 6.04 Å². The van der Waals surface area contributed by atoms with Crippen molar-refractivity contribution in [2.24, 2.45) is 5.73 Å². The zero-order valence-corrected chi connectivity index (χ0v) is 12.5. The van der Waals surface area contributed by atoms with Gasteiger partial charge in [0.25, 0.3) is 0 Å². The second kappa shape index (κ2) is 5.40. The lowest BCUT2D eigenvalue weighted by Crippen LogP contribution is -2.13. The first-order valence-corrected chi connectivity index (χ1v) is 6.99. The number of rotatable bonds is 3. The third kappa shape index (κ3) is 2.63. The van der Waals surface area contributed by atoms with Crippen LogP contribution in [-0.4, -0.2) is 15.2 Å². The number of halogens is 2. The fourth-order valence-corrected chi connectivity index (χ4v) is 2.22. The van der Waals surface area contributed by atoms with E-state index in [0.717, 1.165) is 5.56 Å². The van der Waals surface area contributed by atoms with Crippen LogP contribution in [0.5, 0.6) is 0 Å². The quantitative estimate of drug-likeness (QED) is 0.755. The van der Waals surface area contributed by atoms with Gasteiger partial charge in [0.15, 0.2) is 10.4 Å². The van der Waals surface area contributed by atoms with Gasteiger partial charge in [0.1, 0.15) is 5.82 Å². The standard InChI is InChI=1S/C13H10BrClN4O/c14-10-6-5-9(20-10)12-17-13(19-18-12)11(16)7-1-3-8(15)4-2-7/h1-6,11H,16H2,(H,17,18,19). The second-order valence-corrected chi connectivity index (χ2v) is 5.40. The molecule has 0 fully saturated rings. The highest BCUT2D eigenvalue weighted by molar-refractivity contribution is 9.10. The highest BCUT2D eigenvalue weighted by Gasteiger charge is 2.16. The summed E-state index contributed by atoms with van der Waals surface area (Å²) in [5.41, 5.74) is 7.05.